The lowest BCUT2D eigenvalue weighted by Crippen LogP contribution is -1.96. The number of benzene rings is 2. The Hall–Kier alpha value is -2.83. The van der Waals surface area contributed by atoms with Gasteiger partial charge >= 0.3 is 0 Å². The second kappa shape index (κ2) is 6.58. The number of halogens is 1. The minimum Gasteiger partial charge on any atom is -0.392 e. The SMILES string of the molecule is OCc1cccc(Nc2ncnc3scc(-c4ccc(F)cc4)c23)c1. The van der Waals surface area contributed by atoms with Crippen molar-refractivity contribution in [2.45, 2.75) is 6.61 Å². The highest BCUT2D eigenvalue weighted by atomic mass is 32.1. The van der Waals surface area contributed by atoms with Gasteiger partial charge in [-0.2, -0.15) is 0 Å². The molecule has 2 N–H and O–H groups in total. The van der Waals surface area contributed by atoms with Gasteiger partial charge in [0, 0.05) is 16.6 Å². The molecule has 124 valence electrons. The van der Waals surface area contributed by atoms with Gasteiger partial charge in [-0.15, -0.1) is 11.3 Å². The third-order valence-corrected chi connectivity index (χ3v) is 4.78. The molecule has 0 aliphatic carbocycles. The van der Waals surface area contributed by atoms with E-state index in [9.17, 15) is 9.50 Å². The number of hydrogen-bond acceptors (Lipinski definition) is 5. The number of hydrogen-bond donors (Lipinski definition) is 2. The van der Waals surface area contributed by atoms with Crippen LogP contribution in [0.25, 0.3) is 21.3 Å². The molecule has 0 amide bonds. The van der Waals surface area contributed by atoms with Crippen LogP contribution in [0.1, 0.15) is 5.56 Å². The number of aliphatic hydroxyl groups is 1. The summed E-state index contributed by atoms with van der Waals surface area (Å²) in [6, 6.07) is 13.9. The summed E-state index contributed by atoms with van der Waals surface area (Å²) >= 11 is 1.52. The van der Waals surface area contributed by atoms with Crippen LogP contribution in [0.2, 0.25) is 0 Å². The van der Waals surface area contributed by atoms with Crippen molar-refractivity contribution in [3.8, 4) is 11.1 Å². The Morgan fingerprint density at radius 2 is 1.92 bits per heavy atom. The maximum Gasteiger partial charge on any atom is 0.143 e. The van der Waals surface area contributed by atoms with Crippen LogP contribution >= 0.6 is 11.3 Å². The van der Waals surface area contributed by atoms with Crippen LogP contribution in [0.4, 0.5) is 15.9 Å². The van der Waals surface area contributed by atoms with Gasteiger partial charge in [0.25, 0.3) is 0 Å². The molecule has 0 bridgehead atoms. The highest BCUT2D eigenvalue weighted by molar-refractivity contribution is 7.17. The van der Waals surface area contributed by atoms with Crippen LogP contribution < -0.4 is 5.32 Å². The average Bonchev–Trinajstić information content (AvgIpc) is 3.08. The Morgan fingerprint density at radius 3 is 2.72 bits per heavy atom. The number of fused-ring (bicyclic) bond motifs is 1. The first-order chi connectivity index (χ1) is 12.2. The predicted molar refractivity (Wildman–Crippen MR) is 98.5 cm³/mol. The van der Waals surface area contributed by atoms with Crippen molar-refractivity contribution in [2.24, 2.45) is 0 Å². The lowest BCUT2D eigenvalue weighted by Gasteiger charge is -2.09. The zero-order valence-electron chi connectivity index (χ0n) is 13.1. The predicted octanol–water partition coefficient (Wildman–Crippen LogP) is 4.73. The number of aliphatic hydroxyl groups excluding tert-OH is 1. The molecule has 6 heteroatoms. The summed E-state index contributed by atoms with van der Waals surface area (Å²) in [4.78, 5) is 9.57. The third kappa shape index (κ3) is 3.09. The number of thiophene rings is 1. The maximum absolute atomic E-state index is 13.2. The maximum atomic E-state index is 13.2. The van der Waals surface area contributed by atoms with E-state index >= 15 is 0 Å². The first-order valence-electron chi connectivity index (χ1n) is 7.69. The van der Waals surface area contributed by atoms with Gasteiger partial charge in [0.05, 0.1) is 12.0 Å². The van der Waals surface area contributed by atoms with Crippen LogP contribution in [0.3, 0.4) is 0 Å². The summed E-state index contributed by atoms with van der Waals surface area (Å²) in [6.07, 6.45) is 1.52. The van der Waals surface area contributed by atoms with E-state index in [1.165, 1.54) is 29.8 Å². The van der Waals surface area contributed by atoms with Crippen LogP contribution in [-0.2, 0) is 6.61 Å². The standard InChI is InChI=1S/C19H14FN3OS/c20-14-6-4-13(5-7-14)16-10-25-19-17(16)18(21-11-22-19)23-15-3-1-2-12(8-15)9-24/h1-8,10-11,24H,9H2,(H,21,22,23). The molecule has 2 heterocycles. The van der Waals surface area contributed by atoms with Crippen molar-refractivity contribution in [1.82, 2.24) is 9.97 Å². The first-order valence-corrected chi connectivity index (χ1v) is 8.57. The van der Waals surface area contributed by atoms with Gasteiger partial charge in [-0.3, -0.25) is 0 Å². The second-order valence-corrected chi connectivity index (χ2v) is 6.40. The van der Waals surface area contributed by atoms with E-state index in [2.05, 4.69) is 15.3 Å². The largest absolute Gasteiger partial charge is 0.392 e. The molecule has 2 aromatic heterocycles. The van der Waals surface area contributed by atoms with Crippen LogP contribution in [0.5, 0.6) is 0 Å². The number of nitrogens with one attached hydrogen (secondary N) is 1. The molecule has 0 radical (unpaired) electrons. The molecule has 0 unspecified atom stereocenters. The number of aromatic nitrogens is 2. The highest BCUT2D eigenvalue weighted by Crippen LogP contribution is 2.37. The number of anilines is 2. The Labute approximate surface area is 147 Å². The molecular weight excluding hydrogens is 337 g/mol. The Bertz CT molecular complexity index is 1030. The Kier molecular flexibility index (Phi) is 4.13. The molecular formula is C19H14FN3OS. The number of nitrogens with zero attached hydrogens (tertiary/aromatic N) is 2. The quantitative estimate of drug-likeness (QED) is 0.558. The first kappa shape index (κ1) is 15.7. The summed E-state index contributed by atoms with van der Waals surface area (Å²) in [5.41, 5.74) is 3.53. The van der Waals surface area contributed by atoms with Gasteiger partial charge in [0.15, 0.2) is 0 Å². The Morgan fingerprint density at radius 1 is 1.08 bits per heavy atom. The topological polar surface area (TPSA) is 58.0 Å². The zero-order chi connectivity index (χ0) is 17.2. The van der Waals surface area contributed by atoms with E-state index in [0.29, 0.717) is 5.82 Å². The van der Waals surface area contributed by atoms with Crippen molar-refractivity contribution < 1.29 is 9.50 Å². The molecule has 0 saturated heterocycles. The molecule has 0 aliphatic heterocycles. The van der Waals surface area contributed by atoms with Crippen LogP contribution in [0.15, 0.2) is 60.2 Å². The molecule has 0 saturated carbocycles. The van der Waals surface area contributed by atoms with Gasteiger partial charge in [0.2, 0.25) is 0 Å². The lowest BCUT2D eigenvalue weighted by atomic mass is 10.1. The molecule has 0 aliphatic rings. The van der Waals surface area contributed by atoms with Gasteiger partial charge in [0.1, 0.15) is 22.8 Å². The smallest absolute Gasteiger partial charge is 0.143 e. The van der Waals surface area contributed by atoms with Crippen molar-refractivity contribution >= 4 is 33.1 Å². The van der Waals surface area contributed by atoms with Crippen LogP contribution in [0, 0.1) is 5.82 Å². The zero-order valence-corrected chi connectivity index (χ0v) is 13.9. The fourth-order valence-corrected chi connectivity index (χ4v) is 3.61. The van der Waals surface area contributed by atoms with Crippen LogP contribution in [-0.4, -0.2) is 15.1 Å². The lowest BCUT2D eigenvalue weighted by molar-refractivity contribution is 0.282. The normalized spacial score (nSPS) is 11.0. The van der Waals surface area contributed by atoms with E-state index in [4.69, 9.17) is 0 Å². The molecule has 4 aromatic rings. The molecule has 0 fully saturated rings. The molecule has 2 aromatic carbocycles. The molecule has 0 atom stereocenters. The second-order valence-electron chi connectivity index (χ2n) is 5.54. The van der Waals surface area contributed by atoms with Crippen molar-refractivity contribution in [3.05, 3.63) is 71.6 Å². The molecule has 4 rings (SSSR count). The van der Waals surface area contributed by atoms with E-state index in [-0.39, 0.29) is 12.4 Å². The Balaban J connectivity index is 1.81. The summed E-state index contributed by atoms with van der Waals surface area (Å²) in [5, 5.41) is 15.5. The average molecular weight is 351 g/mol. The van der Waals surface area contributed by atoms with Gasteiger partial charge < -0.3 is 10.4 Å². The minimum atomic E-state index is -0.265. The van der Waals surface area contributed by atoms with E-state index < -0.39 is 0 Å². The minimum absolute atomic E-state index is 0.0199. The van der Waals surface area contributed by atoms with Crippen molar-refractivity contribution in [3.63, 3.8) is 0 Å². The molecule has 0 spiro atoms. The number of rotatable bonds is 4. The van der Waals surface area contributed by atoms with Gasteiger partial charge in [-0.1, -0.05) is 24.3 Å². The fourth-order valence-electron chi connectivity index (χ4n) is 2.70. The molecule has 4 nitrogen and oxygen atoms in total. The summed E-state index contributed by atoms with van der Waals surface area (Å²) in [5.74, 6) is 0.416. The summed E-state index contributed by atoms with van der Waals surface area (Å²) in [6.45, 7) is -0.0199. The van der Waals surface area contributed by atoms with Crippen molar-refractivity contribution in [2.75, 3.05) is 5.32 Å². The highest BCUT2D eigenvalue weighted by Gasteiger charge is 2.13. The third-order valence-electron chi connectivity index (χ3n) is 3.90. The van der Waals surface area contributed by atoms with Crippen molar-refractivity contribution in [1.29, 1.82) is 0 Å². The fraction of sp³-hybridized carbons (Fsp3) is 0.0526. The summed E-state index contributed by atoms with van der Waals surface area (Å²) < 4.78 is 13.2. The molecule has 25 heavy (non-hydrogen) atoms. The van der Waals surface area contributed by atoms with E-state index in [1.807, 2.05) is 29.6 Å². The summed E-state index contributed by atoms with van der Waals surface area (Å²) in [7, 11) is 0. The van der Waals surface area contributed by atoms with E-state index in [1.54, 1.807) is 12.1 Å². The monoisotopic (exact) mass is 351 g/mol. The van der Waals surface area contributed by atoms with Gasteiger partial charge in [-0.25, -0.2) is 14.4 Å². The van der Waals surface area contributed by atoms with E-state index in [0.717, 1.165) is 32.6 Å². The van der Waals surface area contributed by atoms with Gasteiger partial charge in [-0.05, 0) is 35.4 Å².